The van der Waals surface area contributed by atoms with Crippen molar-refractivity contribution in [3.63, 3.8) is 0 Å². The first kappa shape index (κ1) is 11.6. The molecule has 0 unspecified atom stereocenters. The molecule has 0 aromatic heterocycles. The number of nitrogens with one attached hydrogen (secondary N) is 1. The average molecular weight is 223 g/mol. The molecule has 0 saturated carbocycles. The van der Waals surface area contributed by atoms with E-state index in [1.54, 1.807) is 0 Å². The Hall–Kier alpha value is -0.930. The number of benzene rings is 1. The van der Waals surface area contributed by atoms with E-state index in [1.807, 2.05) is 12.1 Å². The van der Waals surface area contributed by atoms with Gasteiger partial charge >= 0.3 is 0 Å². The summed E-state index contributed by atoms with van der Waals surface area (Å²) in [7, 11) is 0. The van der Waals surface area contributed by atoms with Crippen LogP contribution in [0.15, 0.2) is 24.3 Å². The molecule has 2 atom stereocenters. The lowest BCUT2D eigenvalue weighted by molar-refractivity contribution is 0.0893. The van der Waals surface area contributed by atoms with Crippen molar-refractivity contribution in [1.82, 2.24) is 5.32 Å². The second-order valence-electron chi connectivity index (χ2n) is 4.88. The lowest BCUT2D eigenvalue weighted by Crippen LogP contribution is -2.45. The topological polar surface area (TPSA) is 32.3 Å². The van der Waals surface area contributed by atoms with Gasteiger partial charge < -0.3 is 10.4 Å². The molecule has 0 spiro atoms. The van der Waals surface area contributed by atoms with Crippen LogP contribution in [0.2, 0.25) is 0 Å². The van der Waals surface area contributed by atoms with Crippen molar-refractivity contribution < 1.29 is 9.50 Å². The molecule has 0 amide bonds. The SMILES string of the molecule is C[C@@]1(CO)CNCC[C@@H]1c1ccc(F)cc1. The molecule has 2 nitrogen and oxygen atoms in total. The zero-order valence-corrected chi connectivity index (χ0v) is 9.54. The van der Waals surface area contributed by atoms with E-state index in [1.165, 1.54) is 12.1 Å². The Morgan fingerprint density at radius 3 is 2.75 bits per heavy atom. The molecule has 1 fully saturated rings. The highest BCUT2D eigenvalue weighted by atomic mass is 19.1. The van der Waals surface area contributed by atoms with Gasteiger partial charge in [0.05, 0.1) is 6.61 Å². The number of aliphatic hydroxyl groups is 1. The molecule has 16 heavy (non-hydrogen) atoms. The minimum Gasteiger partial charge on any atom is -0.396 e. The summed E-state index contributed by atoms with van der Waals surface area (Å²) >= 11 is 0. The maximum atomic E-state index is 12.9. The summed E-state index contributed by atoms with van der Waals surface area (Å²) in [5.74, 6) is 0.0998. The predicted molar refractivity (Wildman–Crippen MR) is 61.8 cm³/mol. The van der Waals surface area contributed by atoms with E-state index in [4.69, 9.17) is 0 Å². The molecule has 1 saturated heterocycles. The zero-order chi connectivity index (χ0) is 11.6. The molecule has 1 aromatic carbocycles. The summed E-state index contributed by atoms with van der Waals surface area (Å²) in [6.45, 7) is 4.00. The number of halogens is 1. The first-order valence-corrected chi connectivity index (χ1v) is 5.73. The van der Waals surface area contributed by atoms with Crippen molar-refractivity contribution in [2.24, 2.45) is 5.41 Å². The Morgan fingerprint density at radius 1 is 1.44 bits per heavy atom. The van der Waals surface area contributed by atoms with Crippen LogP contribution in [0.4, 0.5) is 4.39 Å². The summed E-state index contributed by atoms with van der Waals surface area (Å²) in [6.07, 6.45) is 0.989. The molecule has 0 radical (unpaired) electrons. The van der Waals surface area contributed by atoms with Gasteiger partial charge in [-0.1, -0.05) is 19.1 Å². The number of hydrogen-bond acceptors (Lipinski definition) is 2. The van der Waals surface area contributed by atoms with Crippen molar-refractivity contribution >= 4 is 0 Å². The predicted octanol–water partition coefficient (Wildman–Crippen LogP) is 1.90. The third kappa shape index (κ3) is 2.11. The summed E-state index contributed by atoms with van der Waals surface area (Å²) in [5, 5.41) is 12.8. The summed E-state index contributed by atoms with van der Waals surface area (Å²) in [4.78, 5) is 0. The quantitative estimate of drug-likeness (QED) is 0.802. The minimum absolute atomic E-state index is 0.143. The van der Waals surface area contributed by atoms with Crippen molar-refractivity contribution in [3.8, 4) is 0 Å². The van der Waals surface area contributed by atoms with E-state index in [9.17, 15) is 9.50 Å². The van der Waals surface area contributed by atoms with E-state index >= 15 is 0 Å². The Balaban J connectivity index is 2.26. The third-order valence-corrected chi connectivity index (χ3v) is 3.61. The highest BCUT2D eigenvalue weighted by Crippen LogP contribution is 2.39. The van der Waals surface area contributed by atoms with Crippen molar-refractivity contribution in [2.75, 3.05) is 19.7 Å². The zero-order valence-electron chi connectivity index (χ0n) is 9.54. The van der Waals surface area contributed by atoms with Crippen molar-refractivity contribution in [3.05, 3.63) is 35.6 Å². The first-order valence-electron chi connectivity index (χ1n) is 5.73. The molecule has 2 N–H and O–H groups in total. The number of hydrogen-bond donors (Lipinski definition) is 2. The molecule has 1 heterocycles. The molecule has 0 bridgehead atoms. The Labute approximate surface area is 95.5 Å². The van der Waals surface area contributed by atoms with E-state index in [0.717, 1.165) is 25.1 Å². The number of piperidine rings is 1. The Kier molecular flexibility index (Phi) is 3.26. The third-order valence-electron chi connectivity index (χ3n) is 3.61. The van der Waals surface area contributed by atoms with Gasteiger partial charge in [0.15, 0.2) is 0 Å². The van der Waals surface area contributed by atoms with Gasteiger partial charge in [-0.3, -0.25) is 0 Å². The first-order chi connectivity index (χ1) is 7.65. The van der Waals surface area contributed by atoms with Crippen LogP contribution in [0.5, 0.6) is 0 Å². The van der Waals surface area contributed by atoms with Crippen LogP contribution in [-0.4, -0.2) is 24.8 Å². The van der Waals surface area contributed by atoms with Gasteiger partial charge in [0, 0.05) is 12.0 Å². The highest BCUT2D eigenvalue weighted by Gasteiger charge is 2.36. The van der Waals surface area contributed by atoms with Crippen LogP contribution in [0.1, 0.15) is 24.8 Å². The van der Waals surface area contributed by atoms with E-state index < -0.39 is 0 Å². The molecule has 1 aromatic rings. The number of rotatable bonds is 2. The minimum atomic E-state index is -0.205. The average Bonchev–Trinajstić information content (AvgIpc) is 2.31. The van der Waals surface area contributed by atoms with Crippen LogP contribution in [0.25, 0.3) is 0 Å². The molecule has 3 heteroatoms. The fraction of sp³-hybridized carbons (Fsp3) is 0.538. The Bertz CT molecular complexity index is 351. The van der Waals surface area contributed by atoms with Crippen LogP contribution in [0.3, 0.4) is 0 Å². The van der Waals surface area contributed by atoms with Gasteiger partial charge in [0.25, 0.3) is 0 Å². The second kappa shape index (κ2) is 4.52. The van der Waals surface area contributed by atoms with E-state index in [0.29, 0.717) is 5.92 Å². The van der Waals surface area contributed by atoms with Crippen molar-refractivity contribution in [2.45, 2.75) is 19.3 Å². The lowest BCUT2D eigenvalue weighted by Gasteiger charge is -2.41. The summed E-state index contributed by atoms with van der Waals surface area (Å²) in [6, 6.07) is 6.66. The molecule has 0 aliphatic carbocycles. The van der Waals surface area contributed by atoms with Gasteiger partial charge in [-0.2, -0.15) is 0 Å². The maximum Gasteiger partial charge on any atom is 0.123 e. The van der Waals surface area contributed by atoms with Gasteiger partial charge in [-0.25, -0.2) is 4.39 Å². The fourth-order valence-electron chi connectivity index (χ4n) is 2.52. The van der Waals surface area contributed by atoms with Crippen molar-refractivity contribution in [1.29, 1.82) is 0 Å². The largest absolute Gasteiger partial charge is 0.396 e. The van der Waals surface area contributed by atoms with Crippen LogP contribution < -0.4 is 5.32 Å². The number of aliphatic hydroxyl groups excluding tert-OH is 1. The van der Waals surface area contributed by atoms with E-state index in [2.05, 4.69) is 12.2 Å². The van der Waals surface area contributed by atoms with Gasteiger partial charge in [-0.05, 0) is 36.6 Å². The molecule has 88 valence electrons. The van der Waals surface area contributed by atoms with Gasteiger partial charge in [0.1, 0.15) is 5.82 Å². The fourth-order valence-corrected chi connectivity index (χ4v) is 2.52. The molecule has 2 rings (SSSR count). The van der Waals surface area contributed by atoms with Crippen LogP contribution >= 0.6 is 0 Å². The monoisotopic (exact) mass is 223 g/mol. The highest BCUT2D eigenvalue weighted by molar-refractivity contribution is 5.23. The van der Waals surface area contributed by atoms with Gasteiger partial charge in [0.2, 0.25) is 0 Å². The summed E-state index contributed by atoms with van der Waals surface area (Å²) in [5.41, 5.74) is 0.982. The van der Waals surface area contributed by atoms with Crippen LogP contribution in [-0.2, 0) is 0 Å². The molecule has 1 aliphatic rings. The van der Waals surface area contributed by atoms with Gasteiger partial charge in [-0.15, -0.1) is 0 Å². The van der Waals surface area contributed by atoms with Crippen LogP contribution in [0, 0.1) is 11.2 Å². The standard InChI is InChI=1S/C13H18FNO/c1-13(9-16)8-15-7-6-12(13)10-2-4-11(14)5-3-10/h2-5,12,15-16H,6-9H2,1H3/t12-,13+/m1/s1. The maximum absolute atomic E-state index is 12.9. The van der Waals surface area contributed by atoms with E-state index in [-0.39, 0.29) is 17.8 Å². The summed E-state index contributed by atoms with van der Waals surface area (Å²) < 4.78 is 12.9. The molecular weight excluding hydrogens is 205 g/mol. The Morgan fingerprint density at radius 2 is 2.12 bits per heavy atom. The smallest absolute Gasteiger partial charge is 0.123 e. The molecule has 1 aliphatic heterocycles. The lowest BCUT2D eigenvalue weighted by atomic mass is 9.70. The normalized spacial score (nSPS) is 30.3. The second-order valence-corrected chi connectivity index (χ2v) is 4.88. The molecular formula is C13H18FNO.